The van der Waals surface area contributed by atoms with Crippen molar-refractivity contribution >= 4 is 16.9 Å². The molecule has 0 spiro atoms. The van der Waals surface area contributed by atoms with Gasteiger partial charge in [0.25, 0.3) is 0 Å². The van der Waals surface area contributed by atoms with Crippen LogP contribution in [0.25, 0.3) is 10.9 Å². The average Bonchev–Trinajstić information content (AvgIpc) is 2.36. The molecule has 17 heavy (non-hydrogen) atoms. The monoisotopic (exact) mass is 233 g/mol. The fourth-order valence-electron chi connectivity index (χ4n) is 1.54. The molecule has 0 aliphatic rings. The first-order chi connectivity index (χ1) is 8.09. The normalized spacial score (nSPS) is 14.5. The Hall–Kier alpha value is -1.98. The Kier molecular flexibility index (Phi) is 3.03. The van der Waals surface area contributed by atoms with E-state index < -0.39 is 18.2 Å². The molecule has 0 radical (unpaired) electrons. The minimum absolute atomic E-state index is 0.138. The molecule has 2 rings (SSSR count). The Morgan fingerprint density at radius 3 is 2.53 bits per heavy atom. The van der Waals surface area contributed by atoms with Crippen LogP contribution in [0.15, 0.2) is 36.4 Å². The van der Waals surface area contributed by atoms with E-state index in [-0.39, 0.29) is 5.69 Å². The van der Waals surface area contributed by atoms with Crippen molar-refractivity contribution in [2.45, 2.75) is 12.2 Å². The third-order valence-electron chi connectivity index (χ3n) is 2.48. The predicted octanol–water partition coefficient (Wildman–Crippen LogP) is 0.714. The van der Waals surface area contributed by atoms with Crippen molar-refractivity contribution in [3.05, 3.63) is 42.1 Å². The molecule has 0 amide bonds. The number of rotatable bonds is 3. The molecule has 2 atom stereocenters. The lowest BCUT2D eigenvalue weighted by Crippen LogP contribution is -2.28. The first kappa shape index (κ1) is 11.5. The SMILES string of the molecule is O=C(O)C(O)C(O)c1ccc2ccccc2n1. The zero-order valence-electron chi connectivity index (χ0n) is 8.82. The molecule has 0 aliphatic heterocycles. The topological polar surface area (TPSA) is 90.7 Å². The summed E-state index contributed by atoms with van der Waals surface area (Å²) < 4.78 is 0. The lowest BCUT2D eigenvalue weighted by atomic mass is 10.1. The van der Waals surface area contributed by atoms with Gasteiger partial charge in [-0.1, -0.05) is 24.3 Å². The molecule has 2 aromatic rings. The summed E-state index contributed by atoms with van der Waals surface area (Å²) in [6.45, 7) is 0. The van der Waals surface area contributed by atoms with E-state index in [1.165, 1.54) is 6.07 Å². The van der Waals surface area contributed by atoms with Crippen LogP contribution in [-0.4, -0.2) is 32.4 Å². The molecule has 2 unspecified atom stereocenters. The maximum Gasteiger partial charge on any atom is 0.335 e. The van der Waals surface area contributed by atoms with Gasteiger partial charge >= 0.3 is 5.97 Å². The molecule has 0 saturated heterocycles. The number of benzene rings is 1. The van der Waals surface area contributed by atoms with Gasteiger partial charge in [-0.2, -0.15) is 0 Å². The summed E-state index contributed by atoms with van der Waals surface area (Å²) in [5.41, 5.74) is 0.778. The quantitative estimate of drug-likeness (QED) is 0.726. The fraction of sp³-hybridized carbons (Fsp3) is 0.167. The molecule has 0 bridgehead atoms. The number of hydrogen-bond acceptors (Lipinski definition) is 4. The Morgan fingerprint density at radius 1 is 1.12 bits per heavy atom. The van der Waals surface area contributed by atoms with E-state index >= 15 is 0 Å². The smallest absolute Gasteiger partial charge is 0.335 e. The zero-order chi connectivity index (χ0) is 12.4. The van der Waals surface area contributed by atoms with Gasteiger partial charge in [-0.3, -0.25) is 0 Å². The van der Waals surface area contributed by atoms with Crippen molar-refractivity contribution < 1.29 is 20.1 Å². The molecule has 3 N–H and O–H groups in total. The second-order valence-corrected chi connectivity index (χ2v) is 3.66. The third kappa shape index (κ3) is 2.25. The van der Waals surface area contributed by atoms with Crippen molar-refractivity contribution in [2.75, 3.05) is 0 Å². The fourth-order valence-corrected chi connectivity index (χ4v) is 1.54. The lowest BCUT2D eigenvalue weighted by Gasteiger charge is -2.13. The highest BCUT2D eigenvalue weighted by Gasteiger charge is 2.26. The van der Waals surface area contributed by atoms with Crippen LogP contribution in [0.2, 0.25) is 0 Å². The van der Waals surface area contributed by atoms with Gasteiger partial charge in [0, 0.05) is 5.39 Å². The van der Waals surface area contributed by atoms with Crippen LogP contribution in [0.1, 0.15) is 11.8 Å². The average molecular weight is 233 g/mol. The van der Waals surface area contributed by atoms with Gasteiger partial charge in [0.15, 0.2) is 6.10 Å². The zero-order valence-corrected chi connectivity index (χ0v) is 8.82. The van der Waals surface area contributed by atoms with Gasteiger partial charge in [-0.25, -0.2) is 9.78 Å². The second kappa shape index (κ2) is 4.48. The summed E-state index contributed by atoms with van der Waals surface area (Å²) in [5, 5.41) is 28.3. The predicted molar refractivity (Wildman–Crippen MR) is 60.3 cm³/mol. The van der Waals surface area contributed by atoms with E-state index in [0.29, 0.717) is 5.52 Å². The molecule has 5 heteroatoms. The number of fused-ring (bicyclic) bond motifs is 1. The molecule has 1 aromatic heterocycles. The molecule has 0 saturated carbocycles. The largest absolute Gasteiger partial charge is 0.479 e. The molecular weight excluding hydrogens is 222 g/mol. The highest BCUT2D eigenvalue weighted by atomic mass is 16.4. The lowest BCUT2D eigenvalue weighted by molar-refractivity contribution is -0.153. The number of nitrogens with zero attached hydrogens (tertiary/aromatic N) is 1. The van der Waals surface area contributed by atoms with Crippen LogP contribution >= 0.6 is 0 Å². The number of carboxylic acids is 1. The molecule has 1 heterocycles. The minimum atomic E-state index is -1.87. The molecule has 1 aromatic carbocycles. The molecule has 0 fully saturated rings. The van der Waals surface area contributed by atoms with Crippen molar-refractivity contribution in [3.63, 3.8) is 0 Å². The van der Waals surface area contributed by atoms with Gasteiger partial charge in [0.2, 0.25) is 0 Å². The number of hydrogen-bond donors (Lipinski definition) is 3. The van der Waals surface area contributed by atoms with Crippen molar-refractivity contribution in [2.24, 2.45) is 0 Å². The van der Waals surface area contributed by atoms with Crippen LogP contribution in [0.5, 0.6) is 0 Å². The number of para-hydroxylation sites is 1. The first-order valence-electron chi connectivity index (χ1n) is 5.04. The Balaban J connectivity index is 2.39. The minimum Gasteiger partial charge on any atom is -0.479 e. The van der Waals surface area contributed by atoms with Gasteiger partial charge < -0.3 is 15.3 Å². The molecule has 88 valence electrons. The molecule has 0 aliphatic carbocycles. The molecular formula is C12H11NO4. The number of carbonyl (C=O) groups is 1. The van der Waals surface area contributed by atoms with Crippen molar-refractivity contribution in [1.82, 2.24) is 4.98 Å². The Bertz CT molecular complexity index is 555. The van der Waals surface area contributed by atoms with E-state index in [1.807, 2.05) is 12.1 Å². The summed E-state index contributed by atoms with van der Waals surface area (Å²) in [6, 6.07) is 10.5. The number of aliphatic carboxylic acids is 1. The van der Waals surface area contributed by atoms with Crippen LogP contribution in [0.3, 0.4) is 0 Å². The van der Waals surface area contributed by atoms with Crippen LogP contribution in [-0.2, 0) is 4.79 Å². The Labute approximate surface area is 97.0 Å². The highest BCUT2D eigenvalue weighted by molar-refractivity contribution is 5.78. The molecule has 5 nitrogen and oxygen atoms in total. The maximum atomic E-state index is 10.5. The standard InChI is InChI=1S/C12H11NO4/c14-10(11(15)12(16)17)9-6-5-7-3-1-2-4-8(7)13-9/h1-6,10-11,14-15H,(H,16,17). The number of aliphatic hydroxyl groups excluding tert-OH is 2. The third-order valence-corrected chi connectivity index (χ3v) is 2.48. The summed E-state index contributed by atoms with van der Waals surface area (Å²) in [5.74, 6) is -1.48. The summed E-state index contributed by atoms with van der Waals surface area (Å²) in [4.78, 5) is 14.6. The van der Waals surface area contributed by atoms with E-state index in [0.717, 1.165) is 5.39 Å². The van der Waals surface area contributed by atoms with Gasteiger partial charge in [-0.05, 0) is 12.1 Å². The number of aliphatic hydroxyl groups is 2. The number of carboxylic acid groups (broad SMARTS) is 1. The maximum absolute atomic E-state index is 10.5. The second-order valence-electron chi connectivity index (χ2n) is 3.66. The van der Waals surface area contributed by atoms with E-state index in [4.69, 9.17) is 5.11 Å². The van der Waals surface area contributed by atoms with Gasteiger partial charge in [-0.15, -0.1) is 0 Å². The first-order valence-corrected chi connectivity index (χ1v) is 5.04. The van der Waals surface area contributed by atoms with E-state index in [9.17, 15) is 15.0 Å². The van der Waals surface area contributed by atoms with Crippen molar-refractivity contribution in [3.8, 4) is 0 Å². The Morgan fingerprint density at radius 2 is 1.82 bits per heavy atom. The van der Waals surface area contributed by atoms with Crippen LogP contribution < -0.4 is 0 Å². The highest BCUT2D eigenvalue weighted by Crippen LogP contribution is 2.19. The van der Waals surface area contributed by atoms with Crippen LogP contribution in [0, 0.1) is 0 Å². The van der Waals surface area contributed by atoms with E-state index in [1.54, 1.807) is 18.2 Å². The van der Waals surface area contributed by atoms with Gasteiger partial charge in [0.1, 0.15) is 6.10 Å². The number of pyridine rings is 1. The number of aromatic nitrogens is 1. The van der Waals surface area contributed by atoms with Crippen LogP contribution in [0.4, 0.5) is 0 Å². The summed E-state index contributed by atoms with van der Waals surface area (Å²) >= 11 is 0. The summed E-state index contributed by atoms with van der Waals surface area (Å²) in [7, 11) is 0. The van der Waals surface area contributed by atoms with E-state index in [2.05, 4.69) is 4.98 Å². The van der Waals surface area contributed by atoms with Crippen molar-refractivity contribution in [1.29, 1.82) is 0 Å². The van der Waals surface area contributed by atoms with Gasteiger partial charge in [0.05, 0.1) is 11.2 Å². The summed E-state index contributed by atoms with van der Waals surface area (Å²) in [6.07, 6.45) is -3.40.